The molecule has 1 aromatic carbocycles. The monoisotopic (exact) mass is 191 g/mol. The Labute approximate surface area is 84.7 Å². The van der Waals surface area contributed by atoms with Crippen LogP contribution in [0.5, 0.6) is 5.75 Å². The fraction of sp³-hybridized carbons (Fsp3) is 0.500. The summed E-state index contributed by atoms with van der Waals surface area (Å²) >= 11 is 0. The van der Waals surface area contributed by atoms with Gasteiger partial charge in [-0.3, -0.25) is 0 Å². The molecule has 0 radical (unpaired) electrons. The van der Waals surface area contributed by atoms with E-state index >= 15 is 0 Å². The predicted octanol–water partition coefficient (Wildman–Crippen LogP) is 2.36. The first kappa shape index (κ1) is 9.53. The summed E-state index contributed by atoms with van der Waals surface area (Å²) in [4.78, 5) is 0. The zero-order chi connectivity index (χ0) is 10.1. The van der Waals surface area contributed by atoms with Crippen LogP contribution in [0.3, 0.4) is 0 Å². The molecule has 0 aromatic heterocycles. The largest absolute Gasteiger partial charge is 0.508 e. The molecule has 1 aromatic rings. The highest BCUT2D eigenvalue weighted by Crippen LogP contribution is 2.41. The number of nitrogens with two attached hydrogens (primary N) is 1. The van der Waals surface area contributed by atoms with Gasteiger partial charge in [-0.1, -0.05) is 19.1 Å². The highest BCUT2D eigenvalue weighted by atomic mass is 16.3. The number of phenolic OH excluding ortho intramolecular Hbond substituents is 1. The molecular formula is C12H17NO. The third-order valence-corrected chi connectivity index (χ3v) is 2.99. The minimum atomic E-state index is 0.0292. The van der Waals surface area contributed by atoms with E-state index in [2.05, 4.69) is 6.92 Å². The Hall–Kier alpha value is -1.02. The summed E-state index contributed by atoms with van der Waals surface area (Å²) < 4.78 is 0. The topological polar surface area (TPSA) is 46.2 Å². The van der Waals surface area contributed by atoms with Crippen LogP contribution in [0, 0.1) is 5.92 Å². The zero-order valence-corrected chi connectivity index (χ0v) is 8.53. The molecule has 0 bridgehead atoms. The molecule has 1 unspecified atom stereocenters. The fourth-order valence-corrected chi connectivity index (χ4v) is 1.80. The van der Waals surface area contributed by atoms with Crippen LogP contribution in [0.4, 0.5) is 0 Å². The molecule has 2 heteroatoms. The van der Waals surface area contributed by atoms with Crippen molar-refractivity contribution in [1.82, 2.24) is 0 Å². The van der Waals surface area contributed by atoms with Crippen molar-refractivity contribution >= 4 is 0 Å². The minimum Gasteiger partial charge on any atom is -0.508 e. The minimum absolute atomic E-state index is 0.0292. The molecule has 0 spiro atoms. The van der Waals surface area contributed by atoms with Gasteiger partial charge in [-0.15, -0.1) is 0 Å². The quantitative estimate of drug-likeness (QED) is 0.770. The van der Waals surface area contributed by atoms with Gasteiger partial charge in [-0.05, 0) is 36.8 Å². The predicted molar refractivity (Wildman–Crippen MR) is 57.1 cm³/mol. The molecule has 76 valence electrons. The average molecular weight is 191 g/mol. The molecular weight excluding hydrogens is 174 g/mol. The van der Waals surface area contributed by atoms with Crippen LogP contribution in [-0.4, -0.2) is 5.11 Å². The standard InChI is InChI=1S/C12H17NO/c1-2-8-3-6-11(14)10(7-8)12(13)9-4-5-9/h3,6-7,9,12,14H,2,4-5,13H2,1H3. The molecule has 1 aliphatic carbocycles. The SMILES string of the molecule is CCc1ccc(O)c(C(N)C2CC2)c1. The molecule has 0 saturated heterocycles. The van der Waals surface area contributed by atoms with Crippen molar-refractivity contribution < 1.29 is 5.11 Å². The molecule has 1 aliphatic rings. The van der Waals surface area contributed by atoms with Crippen LogP contribution in [0.1, 0.15) is 36.9 Å². The lowest BCUT2D eigenvalue weighted by molar-refractivity contribution is 0.456. The Morgan fingerprint density at radius 1 is 1.50 bits per heavy atom. The molecule has 1 saturated carbocycles. The van der Waals surface area contributed by atoms with E-state index in [1.54, 1.807) is 6.07 Å². The van der Waals surface area contributed by atoms with E-state index in [1.807, 2.05) is 12.1 Å². The maximum atomic E-state index is 9.70. The molecule has 0 heterocycles. The van der Waals surface area contributed by atoms with E-state index in [9.17, 15) is 5.11 Å². The molecule has 0 aliphatic heterocycles. The number of benzene rings is 1. The van der Waals surface area contributed by atoms with Gasteiger partial charge in [0.15, 0.2) is 0 Å². The highest BCUT2D eigenvalue weighted by molar-refractivity contribution is 5.39. The van der Waals surface area contributed by atoms with E-state index in [-0.39, 0.29) is 6.04 Å². The van der Waals surface area contributed by atoms with E-state index in [0.717, 1.165) is 12.0 Å². The summed E-state index contributed by atoms with van der Waals surface area (Å²) in [6.07, 6.45) is 3.40. The third-order valence-electron chi connectivity index (χ3n) is 2.99. The first-order valence-corrected chi connectivity index (χ1v) is 5.29. The van der Waals surface area contributed by atoms with Crippen molar-refractivity contribution in [2.24, 2.45) is 11.7 Å². The van der Waals surface area contributed by atoms with E-state index in [0.29, 0.717) is 11.7 Å². The number of aromatic hydroxyl groups is 1. The Kier molecular flexibility index (Phi) is 2.46. The lowest BCUT2D eigenvalue weighted by atomic mass is 9.99. The molecule has 1 atom stereocenters. The fourth-order valence-electron chi connectivity index (χ4n) is 1.80. The normalized spacial score (nSPS) is 18.1. The van der Waals surface area contributed by atoms with Crippen molar-refractivity contribution in [3.05, 3.63) is 29.3 Å². The summed E-state index contributed by atoms with van der Waals surface area (Å²) in [5.41, 5.74) is 8.23. The molecule has 0 amide bonds. The van der Waals surface area contributed by atoms with Crippen LogP contribution in [-0.2, 0) is 6.42 Å². The first-order chi connectivity index (χ1) is 6.72. The second-order valence-corrected chi connectivity index (χ2v) is 4.11. The molecule has 1 fully saturated rings. The van der Waals surface area contributed by atoms with E-state index in [4.69, 9.17) is 5.73 Å². The average Bonchev–Trinajstić information content (AvgIpc) is 3.01. The number of rotatable bonds is 3. The summed E-state index contributed by atoms with van der Waals surface area (Å²) in [5.74, 6) is 0.939. The van der Waals surface area contributed by atoms with Crippen LogP contribution in [0.15, 0.2) is 18.2 Å². The van der Waals surface area contributed by atoms with Crippen LogP contribution in [0.25, 0.3) is 0 Å². The van der Waals surface area contributed by atoms with E-state index < -0.39 is 0 Å². The van der Waals surface area contributed by atoms with Crippen LogP contribution < -0.4 is 5.73 Å². The number of hydrogen-bond donors (Lipinski definition) is 2. The molecule has 2 nitrogen and oxygen atoms in total. The zero-order valence-electron chi connectivity index (χ0n) is 8.53. The maximum absolute atomic E-state index is 9.70. The van der Waals surface area contributed by atoms with Crippen molar-refractivity contribution in [3.8, 4) is 5.75 Å². The van der Waals surface area contributed by atoms with Crippen molar-refractivity contribution in [2.45, 2.75) is 32.2 Å². The second kappa shape index (κ2) is 3.62. The molecule has 2 rings (SSSR count). The van der Waals surface area contributed by atoms with Gasteiger partial charge in [0.1, 0.15) is 5.75 Å². The van der Waals surface area contributed by atoms with Crippen molar-refractivity contribution in [2.75, 3.05) is 0 Å². The lowest BCUT2D eigenvalue weighted by Crippen LogP contribution is -2.12. The summed E-state index contributed by atoms with van der Waals surface area (Å²) in [6.45, 7) is 2.11. The first-order valence-electron chi connectivity index (χ1n) is 5.29. The third kappa shape index (κ3) is 1.75. The van der Waals surface area contributed by atoms with Crippen molar-refractivity contribution in [3.63, 3.8) is 0 Å². The van der Waals surface area contributed by atoms with Gasteiger partial charge in [0.05, 0.1) is 0 Å². The van der Waals surface area contributed by atoms with Crippen molar-refractivity contribution in [1.29, 1.82) is 0 Å². The Morgan fingerprint density at radius 2 is 2.21 bits per heavy atom. The van der Waals surface area contributed by atoms with Gasteiger partial charge < -0.3 is 10.8 Å². The Morgan fingerprint density at radius 3 is 2.79 bits per heavy atom. The van der Waals surface area contributed by atoms with E-state index in [1.165, 1.54) is 18.4 Å². The highest BCUT2D eigenvalue weighted by Gasteiger charge is 2.30. The summed E-state index contributed by atoms with van der Waals surface area (Å²) in [5, 5.41) is 9.70. The Bertz CT molecular complexity index is 331. The van der Waals surface area contributed by atoms with Gasteiger partial charge in [0.25, 0.3) is 0 Å². The maximum Gasteiger partial charge on any atom is 0.120 e. The van der Waals surface area contributed by atoms with Gasteiger partial charge in [0.2, 0.25) is 0 Å². The van der Waals surface area contributed by atoms with Gasteiger partial charge in [-0.25, -0.2) is 0 Å². The summed E-state index contributed by atoms with van der Waals surface area (Å²) in [6, 6.07) is 5.79. The number of hydrogen-bond acceptors (Lipinski definition) is 2. The van der Waals surface area contributed by atoms with Gasteiger partial charge in [-0.2, -0.15) is 0 Å². The lowest BCUT2D eigenvalue weighted by Gasteiger charge is -2.13. The number of aryl methyl sites for hydroxylation is 1. The van der Waals surface area contributed by atoms with Gasteiger partial charge in [0, 0.05) is 11.6 Å². The molecule has 3 N–H and O–H groups in total. The Balaban J connectivity index is 2.29. The number of phenols is 1. The summed E-state index contributed by atoms with van der Waals surface area (Å²) in [7, 11) is 0. The van der Waals surface area contributed by atoms with Gasteiger partial charge >= 0.3 is 0 Å². The second-order valence-electron chi connectivity index (χ2n) is 4.11. The smallest absolute Gasteiger partial charge is 0.120 e. The van der Waals surface area contributed by atoms with Crippen LogP contribution in [0.2, 0.25) is 0 Å². The molecule has 14 heavy (non-hydrogen) atoms. The van der Waals surface area contributed by atoms with Crippen LogP contribution >= 0.6 is 0 Å².